The van der Waals surface area contributed by atoms with Crippen LogP contribution in [0.4, 0.5) is 5.13 Å². The fraction of sp³-hybridized carbons (Fsp3) is 0.444. The summed E-state index contributed by atoms with van der Waals surface area (Å²) >= 11 is 1.37. The van der Waals surface area contributed by atoms with Gasteiger partial charge >= 0.3 is 0 Å². The zero-order valence-corrected chi connectivity index (χ0v) is 9.12. The van der Waals surface area contributed by atoms with Crippen LogP contribution in [0.3, 0.4) is 0 Å². The number of nitrogens with one attached hydrogen (secondary N) is 1. The van der Waals surface area contributed by atoms with Gasteiger partial charge in [0.1, 0.15) is 5.01 Å². The summed E-state index contributed by atoms with van der Waals surface area (Å²) in [6, 6.07) is -0.00286. The van der Waals surface area contributed by atoms with Crippen LogP contribution in [-0.2, 0) is 4.79 Å². The fourth-order valence-corrected chi connectivity index (χ4v) is 2.06. The number of hydrogen-bond acceptors (Lipinski definition) is 5. The first-order chi connectivity index (χ1) is 7.15. The summed E-state index contributed by atoms with van der Waals surface area (Å²) in [4.78, 5) is 11.7. The fourth-order valence-electron chi connectivity index (χ4n) is 1.47. The molecule has 1 aliphatic carbocycles. The average Bonchev–Trinajstić information content (AvgIpc) is 2.75. The molecule has 1 aromatic rings. The van der Waals surface area contributed by atoms with Crippen LogP contribution < -0.4 is 11.1 Å². The number of carbonyl (C=O) groups excluding carboxylic acids is 1. The molecule has 2 unspecified atom stereocenters. The molecular weight excluding hydrogens is 212 g/mol. The number of aromatic nitrogens is 2. The summed E-state index contributed by atoms with van der Waals surface area (Å²) < 4.78 is 0. The van der Waals surface area contributed by atoms with Crippen LogP contribution in [0, 0.1) is 12.8 Å². The van der Waals surface area contributed by atoms with Crippen molar-refractivity contribution in [3.05, 3.63) is 17.2 Å². The van der Waals surface area contributed by atoms with E-state index in [1.54, 1.807) is 0 Å². The Labute approximate surface area is 91.4 Å². The van der Waals surface area contributed by atoms with Crippen molar-refractivity contribution in [2.45, 2.75) is 19.4 Å². The second-order valence-corrected chi connectivity index (χ2v) is 4.69. The third-order valence-corrected chi connectivity index (χ3v) is 2.96. The van der Waals surface area contributed by atoms with E-state index in [2.05, 4.69) is 15.5 Å². The van der Waals surface area contributed by atoms with Crippen molar-refractivity contribution in [3.63, 3.8) is 0 Å². The molecule has 6 heteroatoms. The van der Waals surface area contributed by atoms with Gasteiger partial charge in [0.25, 0.3) is 0 Å². The highest BCUT2D eigenvalue weighted by Crippen LogP contribution is 2.20. The van der Waals surface area contributed by atoms with E-state index in [9.17, 15) is 4.79 Å². The van der Waals surface area contributed by atoms with Gasteiger partial charge in [0, 0.05) is 6.04 Å². The maximum Gasteiger partial charge on any atom is 0.233 e. The van der Waals surface area contributed by atoms with Gasteiger partial charge in [-0.3, -0.25) is 4.79 Å². The Morgan fingerprint density at radius 1 is 1.60 bits per heavy atom. The first-order valence-corrected chi connectivity index (χ1v) is 5.51. The molecule has 0 bridgehead atoms. The van der Waals surface area contributed by atoms with Crippen molar-refractivity contribution in [1.29, 1.82) is 0 Å². The zero-order chi connectivity index (χ0) is 10.8. The lowest BCUT2D eigenvalue weighted by Crippen LogP contribution is -2.23. The van der Waals surface area contributed by atoms with Crippen LogP contribution >= 0.6 is 11.3 Å². The number of hydrogen-bond donors (Lipinski definition) is 2. The van der Waals surface area contributed by atoms with Crippen LogP contribution in [0.1, 0.15) is 11.4 Å². The molecule has 1 heterocycles. The molecule has 1 aromatic heterocycles. The van der Waals surface area contributed by atoms with Gasteiger partial charge in [-0.2, -0.15) is 0 Å². The van der Waals surface area contributed by atoms with Crippen LogP contribution in [-0.4, -0.2) is 22.1 Å². The Kier molecular flexibility index (Phi) is 2.79. The standard InChI is InChI=1S/C9H12N4OS/c1-5-12-13-9(15-5)11-8(14)6-2-3-7(10)4-6/h2-3,6-7H,4,10H2,1H3,(H,11,13,14). The molecule has 0 spiro atoms. The van der Waals surface area contributed by atoms with Gasteiger partial charge in [-0.25, -0.2) is 0 Å². The van der Waals surface area contributed by atoms with Crippen molar-refractivity contribution in [2.24, 2.45) is 11.7 Å². The van der Waals surface area contributed by atoms with E-state index >= 15 is 0 Å². The first-order valence-electron chi connectivity index (χ1n) is 4.70. The van der Waals surface area contributed by atoms with Crippen molar-refractivity contribution < 1.29 is 4.79 Å². The number of amides is 1. The van der Waals surface area contributed by atoms with Crippen LogP contribution in [0.15, 0.2) is 12.2 Å². The van der Waals surface area contributed by atoms with Crippen molar-refractivity contribution in [1.82, 2.24) is 10.2 Å². The number of rotatable bonds is 2. The Bertz CT molecular complexity index is 401. The number of nitrogens with two attached hydrogens (primary N) is 1. The third kappa shape index (κ3) is 2.40. The summed E-state index contributed by atoms with van der Waals surface area (Å²) in [6.45, 7) is 1.85. The Morgan fingerprint density at radius 3 is 2.93 bits per heavy atom. The minimum absolute atomic E-state index is 0.00286. The number of anilines is 1. The topological polar surface area (TPSA) is 80.9 Å². The van der Waals surface area contributed by atoms with E-state index in [1.807, 2.05) is 19.1 Å². The second kappa shape index (κ2) is 4.08. The molecule has 0 saturated carbocycles. The summed E-state index contributed by atoms with van der Waals surface area (Å²) in [5.74, 6) is -0.195. The molecule has 5 nitrogen and oxygen atoms in total. The maximum atomic E-state index is 11.7. The van der Waals surface area contributed by atoms with Crippen molar-refractivity contribution in [3.8, 4) is 0 Å². The normalized spacial score (nSPS) is 24.4. The van der Waals surface area contributed by atoms with E-state index in [0.29, 0.717) is 11.6 Å². The smallest absolute Gasteiger partial charge is 0.233 e. The zero-order valence-electron chi connectivity index (χ0n) is 8.30. The molecule has 15 heavy (non-hydrogen) atoms. The Hall–Kier alpha value is -1.27. The lowest BCUT2D eigenvalue weighted by molar-refractivity contribution is -0.118. The predicted octanol–water partition coefficient (Wildman–Crippen LogP) is 0.688. The SMILES string of the molecule is Cc1nnc(NC(=O)C2C=CC(N)C2)s1. The van der Waals surface area contributed by atoms with Crippen LogP contribution in [0.25, 0.3) is 0 Å². The molecule has 0 saturated heterocycles. The van der Waals surface area contributed by atoms with Gasteiger partial charge in [-0.1, -0.05) is 23.5 Å². The number of carbonyl (C=O) groups is 1. The van der Waals surface area contributed by atoms with Gasteiger partial charge in [0.15, 0.2) is 0 Å². The molecule has 0 aromatic carbocycles. The second-order valence-electron chi connectivity index (χ2n) is 3.51. The van der Waals surface area contributed by atoms with E-state index in [0.717, 1.165) is 5.01 Å². The molecule has 0 fully saturated rings. The minimum atomic E-state index is -0.135. The van der Waals surface area contributed by atoms with E-state index in [-0.39, 0.29) is 17.9 Å². The lowest BCUT2D eigenvalue weighted by Gasteiger charge is -2.07. The molecule has 1 aliphatic rings. The molecule has 1 amide bonds. The van der Waals surface area contributed by atoms with E-state index in [4.69, 9.17) is 5.73 Å². The molecule has 3 N–H and O–H groups in total. The summed E-state index contributed by atoms with van der Waals surface area (Å²) in [5.41, 5.74) is 5.67. The van der Waals surface area contributed by atoms with Gasteiger partial charge in [0.05, 0.1) is 5.92 Å². The van der Waals surface area contributed by atoms with Crippen LogP contribution in [0.5, 0.6) is 0 Å². The van der Waals surface area contributed by atoms with Gasteiger partial charge in [-0.15, -0.1) is 10.2 Å². The molecule has 0 radical (unpaired) electrons. The van der Waals surface area contributed by atoms with E-state index in [1.165, 1.54) is 11.3 Å². The van der Waals surface area contributed by atoms with Gasteiger partial charge in [0.2, 0.25) is 11.0 Å². The predicted molar refractivity (Wildman–Crippen MR) is 58.5 cm³/mol. The highest BCUT2D eigenvalue weighted by molar-refractivity contribution is 7.15. The third-order valence-electron chi connectivity index (χ3n) is 2.21. The van der Waals surface area contributed by atoms with Gasteiger partial charge in [-0.05, 0) is 13.3 Å². The maximum absolute atomic E-state index is 11.7. The van der Waals surface area contributed by atoms with Gasteiger partial charge < -0.3 is 11.1 Å². The number of nitrogens with zero attached hydrogens (tertiary/aromatic N) is 2. The molecular formula is C9H12N4OS. The lowest BCUT2D eigenvalue weighted by atomic mass is 10.1. The average molecular weight is 224 g/mol. The van der Waals surface area contributed by atoms with Crippen molar-refractivity contribution in [2.75, 3.05) is 5.32 Å². The molecule has 0 aliphatic heterocycles. The molecule has 2 atom stereocenters. The van der Waals surface area contributed by atoms with Crippen molar-refractivity contribution >= 4 is 22.4 Å². The largest absolute Gasteiger partial charge is 0.324 e. The number of aryl methyl sites for hydroxylation is 1. The molecule has 2 rings (SSSR count). The first kappa shape index (κ1) is 10.3. The van der Waals surface area contributed by atoms with Crippen LogP contribution in [0.2, 0.25) is 0 Å². The Balaban J connectivity index is 1.96. The summed E-state index contributed by atoms with van der Waals surface area (Å²) in [6.07, 6.45) is 4.37. The summed E-state index contributed by atoms with van der Waals surface area (Å²) in [5, 5.41) is 11.8. The summed E-state index contributed by atoms with van der Waals surface area (Å²) in [7, 11) is 0. The quantitative estimate of drug-likeness (QED) is 0.724. The molecule has 80 valence electrons. The highest BCUT2D eigenvalue weighted by Gasteiger charge is 2.23. The Morgan fingerprint density at radius 2 is 2.40 bits per heavy atom. The minimum Gasteiger partial charge on any atom is -0.324 e. The van der Waals surface area contributed by atoms with E-state index < -0.39 is 0 Å². The monoisotopic (exact) mass is 224 g/mol. The highest BCUT2D eigenvalue weighted by atomic mass is 32.1.